The Morgan fingerprint density at radius 2 is 1.81 bits per heavy atom. The maximum Gasteiger partial charge on any atom is 0.120 e. The van der Waals surface area contributed by atoms with E-state index in [4.69, 9.17) is 0 Å². The van der Waals surface area contributed by atoms with E-state index < -0.39 is 0 Å². The lowest BCUT2D eigenvalue weighted by Gasteiger charge is -2.12. The Kier molecular flexibility index (Phi) is 2.15. The molecule has 0 saturated heterocycles. The third-order valence-corrected chi connectivity index (χ3v) is 3.11. The minimum Gasteiger partial charge on any atom is -0.508 e. The fraction of sp³-hybridized carbons (Fsp3) is 0.143. The Hall–Kier alpha value is -1.80. The zero-order valence-corrected chi connectivity index (χ0v) is 8.85. The summed E-state index contributed by atoms with van der Waals surface area (Å²) in [6, 6.07) is 16.2. The van der Waals surface area contributed by atoms with Gasteiger partial charge < -0.3 is 10.4 Å². The predicted molar refractivity (Wildman–Crippen MR) is 63.2 cm³/mol. The smallest absolute Gasteiger partial charge is 0.120 e. The normalized spacial score (nSPS) is 18.4. The van der Waals surface area contributed by atoms with Gasteiger partial charge in [0.05, 0.1) is 6.04 Å². The first kappa shape index (κ1) is 9.43. The zero-order chi connectivity index (χ0) is 11.0. The van der Waals surface area contributed by atoms with E-state index in [-0.39, 0.29) is 6.04 Å². The molecule has 0 radical (unpaired) electrons. The molecule has 16 heavy (non-hydrogen) atoms. The van der Waals surface area contributed by atoms with Gasteiger partial charge in [0.1, 0.15) is 5.75 Å². The number of phenolic OH excluding ortho intramolecular Hbond substituents is 1. The highest BCUT2D eigenvalue weighted by Gasteiger charge is 2.24. The molecule has 0 saturated carbocycles. The molecule has 0 aromatic heterocycles. The van der Waals surface area contributed by atoms with Crippen LogP contribution < -0.4 is 5.32 Å². The van der Waals surface area contributed by atoms with Crippen LogP contribution in [0.15, 0.2) is 48.5 Å². The van der Waals surface area contributed by atoms with Crippen LogP contribution >= 0.6 is 0 Å². The van der Waals surface area contributed by atoms with Crippen molar-refractivity contribution in [2.45, 2.75) is 12.6 Å². The third-order valence-electron chi connectivity index (χ3n) is 3.11. The second-order valence-corrected chi connectivity index (χ2v) is 4.07. The van der Waals surface area contributed by atoms with Crippen molar-refractivity contribution >= 4 is 0 Å². The quantitative estimate of drug-likeness (QED) is 0.760. The summed E-state index contributed by atoms with van der Waals surface area (Å²) in [5.74, 6) is 0.392. The molecule has 1 unspecified atom stereocenters. The molecule has 2 nitrogen and oxygen atoms in total. The minimum absolute atomic E-state index is 0.211. The molecule has 80 valence electrons. The van der Waals surface area contributed by atoms with Crippen molar-refractivity contribution in [3.05, 3.63) is 65.2 Å². The van der Waals surface area contributed by atoms with Gasteiger partial charge in [0, 0.05) is 12.1 Å². The summed E-state index contributed by atoms with van der Waals surface area (Å²) in [4.78, 5) is 0. The SMILES string of the molecule is Oc1cccc2c1CNC2c1ccccc1. The van der Waals surface area contributed by atoms with E-state index in [2.05, 4.69) is 23.5 Å². The van der Waals surface area contributed by atoms with Crippen molar-refractivity contribution < 1.29 is 5.11 Å². The van der Waals surface area contributed by atoms with Crippen LogP contribution in [0.4, 0.5) is 0 Å². The Labute approximate surface area is 94.6 Å². The van der Waals surface area contributed by atoms with Crippen LogP contribution in [-0.2, 0) is 6.54 Å². The van der Waals surface area contributed by atoms with Crippen molar-refractivity contribution in [3.8, 4) is 5.75 Å². The van der Waals surface area contributed by atoms with Crippen LogP contribution in [-0.4, -0.2) is 5.11 Å². The van der Waals surface area contributed by atoms with Gasteiger partial charge in [-0.3, -0.25) is 0 Å². The molecule has 0 spiro atoms. The number of fused-ring (bicyclic) bond motifs is 1. The predicted octanol–water partition coefficient (Wildman–Crippen LogP) is 2.58. The lowest BCUT2D eigenvalue weighted by molar-refractivity contribution is 0.468. The third kappa shape index (κ3) is 1.39. The minimum atomic E-state index is 0.211. The largest absolute Gasteiger partial charge is 0.508 e. The van der Waals surface area contributed by atoms with Crippen LogP contribution in [0.1, 0.15) is 22.7 Å². The molecular formula is C14H13NO. The van der Waals surface area contributed by atoms with Gasteiger partial charge in [0.25, 0.3) is 0 Å². The molecule has 0 amide bonds. The topological polar surface area (TPSA) is 32.3 Å². The molecule has 2 heteroatoms. The Balaban J connectivity index is 2.07. The molecule has 1 heterocycles. The van der Waals surface area contributed by atoms with Gasteiger partial charge in [-0.05, 0) is 17.2 Å². The van der Waals surface area contributed by atoms with Gasteiger partial charge in [-0.2, -0.15) is 0 Å². The number of hydrogen-bond acceptors (Lipinski definition) is 2. The summed E-state index contributed by atoms with van der Waals surface area (Å²) in [5.41, 5.74) is 3.45. The first-order valence-electron chi connectivity index (χ1n) is 5.45. The molecule has 2 N–H and O–H groups in total. The highest BCUT2D eigenvalue weighted by atomic mass is 16.3. The summed E-state index contributed by atoms with van der Waals surface area (Å²) in [5, 5.41) is 13.2. The van der Waals surface area contributed by atoms with Crippen molar-refractivity contribution in [2.24, 2.45) is 0 Å². The number of hydrogen-bond donors (Lipinski definition) is 2. The van der Waals surface area contributed by atoms with Crippen molar-refractivity contribution in [3.63, 3.8) is 0 Å². The van der Waals surface area contributed by atoms with E-state index in [1.165, 1.54) is 11.1 Å². The highest BCUT2D eigenvalue weighted by molar-refractivity contribution is 5.47. The van der Waals surface area contributed by atoms with Gasteiger partial charge >= 0.3 is 0 Å². The summed E-state index contributed by atoms with van der Waals surface area (Å²) < 4.78 is 0. The van der Waals surface area contributed by atoms with E-state index in [9.17, 15) is 5.11 Å². The molecule has 0 fully saturated rings. The fourth-order valence-electron chi connectivity index (χ4n) is 2.31. The fourth-order valence-corrected chi connectivity index (χ4v) is 2.31. The Morgan fingerprint density at radius 1 is 1.00 bits per heavy atom. The Morgan fingerprint density at radius 3 is 2.62 bits per heavy atom. The van der Waals surface area contributed by atoms with E-state index >= 15 is 0 Å². The molecular weight excluding hydrogens is 198 g/mol. The molecule has 1 aliphatic rings. The molecule has 3 rings (SSSR count). The Bertz CT molecular complexity index is 507. The van der Waals surface area contributed by atoms with Crippen LogP contribution in [0.5, 0.6) is 5.75 Å². The molecule has 1 atom stereocenters. The maximum absolute atomic E-state index is 9.76. The number of benzene rings is 2. The first-order chi connectivity index (χ1) is 7.86. The van der Waals surface area contributed by atoms with Gasteiger partial charge in [-0.25, -0.2) is 0 Å². The van der Waals surface area contributed by atoms with Crippen molar-refractivity contribution in [1.82, 2.24) is 5.32 Å². The van der Waals surface area contributed by atoms with E-state index in [1.807, 2.05) is 24.3 Å². The van der Waals surface area contributed by atoms with Crippen molar-refractivity contribution in [1.29, 1.82) is 0 Å². The second kappa shape index (κ2) is 3.65. The summed E-state index contributed by atoms with van der Waals surface area (Å²) in [6.07, 6.45) is 0. The molecule has 2 aromatic carbocycles. The average molecular weight is 211 g/mol. The van der Waals surface area contributed by atoms with Gasteiger partial charge in [-0.1, -0.05) is 42.5 Å². The van der Waals surface area contributed by atoms with E-state index in [0.717, 1.165) is 12.1 Å². The molecule has 0 aliphatic carbocycles. The molecule has 0 bridgehead atoms. The van der Waals surface area contributed by atoms with Crippen molar-refractivity contribution in [2.75, 3.05) is 0 Å². The summed E-state index contributed by atoms with van der Waals surface area (Å²) >= 11 is 0. The van der Waals surface area contributed by atoms with Gasteiger partial charge in [-0.15, -0.1) is 0 Å². The van der Waals surface area contributed by atoms with Crippen LogP contribution in [0.25, 0.3) is 0 Å². The monoisotopic (exact) mass is 211 g/mol. The van der Waals surface area contributed by atoms with Crippen LogP contribution in [0.3, 0.4) is 0 Å². The van der Waals surface area contributed by atoms with Gasteiger partial charge in [0.15, 0.2) is 0 Å². The van der Waals surface area contributed by atoms with E-state index in [0.29, 0.717) is 5.75 Å². The van der Waals surface area contributed by atoms with Crippen LogP contribution in [0, 0.1) is 0 Å². The average Bonchev–Trinajstić information content (AvgIpc) is 2.75. The zero-order valence-electron chi connectivity index (χ0n) is 8.85. The van der Waals surface area contributed by atoms with Crippen LogP contribution in [0.2, 0.25) is 0 Å². The lowest BCUT2D eigenvalue weighted by atomic mass is 9.98. The summed E-state index contributed by atoms with van der Waals surface area (Å²) in [7, 11) is 0. The first-order valence-corrected chi connectivity index (χ1v) is 5.45. The number of rotatable bonds is 1. The number of nitrogens with one attached hydrogen (secondary N) is 1. The summed E-state index contributed by atoms with van der Waals surface area (Å²) in [6.45, 7) is 0.738. The molecule has 1 aliphatic heterocycles. The maximum atomic E-state index is 9.76. The second-order valence-electron chi connectivity index (χ2n) is 4.07. The van der Waals surface area contributed by atoms with Gasteiger partial charge in [0.2, 0.25) is 0 Å². The van der Waals surface area contributed by atoms with E-state index in [1.54, 1.807) is 6.07 Å². The number of phenols is 1. The number of aromatic hydroxyl groups is 1. The molecule has 2 aromatic rings. The standard InChI is InChI=1S/C14H13NO/c16-13-8-4-7-11-12(13)9-15-14(11)10-5-2-1-3-6-10/h1-8,14-16H,9H2. The lowest BCUT2D eigenvalue weighted by Crippen LogP contribution is -2.12. The highest BCUT2D eigenvalue weighted by Crippen LogP contribution is 2.34.